The number of allylic oxidation sites excluding steroid dienone is 4. The Kier molecular flexibility index (Phi) is 3.83. The SMILES string of the molecule is ClC1=C(c2ccc(Cl)cc2OC2CNC2)CCC=C1. The molecule has 1 heterocycles. The zero-order chi connectivity index (χ0) is 13.2. The Morgan fingerprint density at radius 3 is 2.74 bits per heavy atom. The second-order valence-electron chi connectivity index (χ2n) is 4.81. The fraction of sp³-hybridized carbons (Fsp3) is 0.333. The third-order valence-electron chi connectivity index (χ3n) is 3.42. The molecule has 1 N–H and O–H groups in total. The van der Waals surface area contributed by atoms with E-state index in [1.807, 2.05) is 24.3 Å². The molecular weight excluding hydrogens is 281 g/mol. The number of hydrogen-bond acceptors (Lipinski definition) is 2. The second-order valence-corrected chi connectivity index (χ2v) is 5.65. The van der Waals surface area contributed by atoms with Crippen molar-refractivity contribution in [2.45, 2.75) is 18.9 Å². The summed E-state index contributed by atoms with van der Waals surface area (Å²) in [4.78, 5) is 0. The molecule has 1 saturated heterocycles. The van der Waals surface area contributed by atoms with E-state index in [1.165, 1.54) is 0 Å². The van der Waals surface area contributed by atoms with Crippen LogP contribution in [0.2, 0.25) is 5.02 Å². The molecule has 0 spiro atoms. The largest absolute Gasteiger partial charge is 0.487 e. The molecule has 0 atom stereocenters. The number of halogens is 2. The summed E-state index contributed by atoms with van der Waals surface area (Å²) in [5.41, 5.74) is 2.20. The van der Waals surface area contributed by atoms with Gasteiger partial charge in [0.05, 0.1) is 0 Å². The maximum absolute atomic E-state index is 6.31. The topological polar surface area (TPSA) is 21.3 Å². The van der Waals surface area contributed by atoms with Crippen LogP contribution in [0, 0.1) is 0 Å². The lowest BCUT2D eigenvalue weighted by Crippen LogP contribution is -2.50. The van der Waals surface area contributed by atoms with Crippen molar-refractivity contribution < 1.29 is 4.74 Å². The lowest BCUT2D eigenvalue weighted by molar-refractivity contribution is 0.142. The number of nitrogens with one attached hydrogen (secondary N) is 1. The summed E-state index contributed by atoms with van der Waals surface area (Å²) < 4.78 is 6.00. The van der Waals surface area contributed by atoms with E-state index in [9.17, 15) is 0 Å². The average Bonchev–Trinajstić information content (AvgIpc) is 2.35. The van der Waals surface area contributed by atoms with Gasteiger partial charge in [0.1, 0.15) is 11.9 Å². The van der Waals surface area contributed by atoms with Gasteiger partial charge < -0.3 is 10.1 Å². The molecule has 0 aromatic heterocycles. The summed E-state index contributed by atoms with van der Waals surface area (Å²) in [6.07, 6.45) is 6.24. The molecule has 100 valence electrons. The van der Waals surface area contributed by atoms with Crippen molar-refractivity contribution in [2.24, 2.45) is 0 Å². The number of benzene rings is 1. The summed E-state index contributed by atoms with van der Waals surface area (Å²) in [6, 6.07) is 5.77. The summed E-state index contributed by atoms with van der Waals surface area (Å²) in [6.45, 7) is 1.78. The molecule has 4 heteroatoms. The minimum absolute atomic E-state index is 0.232. The van der Waals surface area contributed by atoms with E-state index in [2.05, 4.69) is 11.4 Å². The summed E-state index contributed by atoms with van der Waals surface area (Å²) in [5.74, 6) is 0.836. The van der Waals surface area contributed by atoms with Crippen molar-refractivity contribution in [1.82, 2.24) is 5.32 Å². The van der Waals surface area contributed by atoms with E-state index in [0.29, 0.717) is 5.02 Å². The Balaban J connectivity index is 1.97. The first kappa shape index (κ1) is 13.0. The van der Waals surface area contributed by atoms with E-state index in [1.54, 1.807) is 0 Å². The molecule has 1 aromatic rings. The average molecular weight is 296 g/mol. The quantitative estimate of drug-likeness (QED) is 0.910. The van der Waals surface area contributed by atoms with Crippen LogP contribution in [0.15, 0.2) is 35.4 Å². The van der Waals surface area contributed by atoms with Crippen LogP contribution in [0.25, 0.3) is 5.57 Å². The lowest BCUT2D eigenvalue weighted by Gasteiger charge is -2.29. The fourth-order valence-corrected chi connectivity index (χ4v) is 2.71. The molecule has 0 amide bonds. The molecule has 1 aliphatic heterocycles. The van der Waals surface area contributed by atoms with Gasteiger partial charge in [0.2, 0.25) is 0 Å². The van der Waals surface area contributed by atoms with Gasteiger partial charge in [-0.25, -0.2) is 0 Å². The maximum Gasteiger partial charge on any atom is 0.128 e. The van der Waals surface area contributed by atoms with Gasteiger partial charge in [0.25, 0.3) is 0 Å². The van der Waals surface area contributed by atoms with Crippen LogP contribution in [0.5, 0.6) is 5.75 Å². The standard InChI is InChI=1S/C15H15Cl2NO/c16-10-5-6-13(12-3-1-2-4-14(12)17)15(7-10)19-11-8-18-9-11/h2,4-7,11,18H,1,3,8-9H2. The molecule has 0 radical (unpaired) electrons. The minimum Gasteiger partial charge on any atom is -0.487 e. The smallest absolute Gasteiger partial charge is 0.128 e. The van der Waals surface area contributed by atoms with Crippen LogP contribution in [0.1, 0.15) is 18.4 Å². The number of ether oxygens (including phenoxy) is 1. The Hall–Kier alpha value is -0.960. The van der Waals surface area contributed by atoms with E-state index in [-0.39, 0.29) is 6.10 Å². The Bertz CT molecular complexity index is 547. The first-order valence-corrected chi connectivity index (χ1v) is 7.22. The summed E-state index contributed by atoms with van der Waals surface area (Å²) >= 11 is 12.4. The van der Waals surface area contributed by atoms with E-state index < -0.39 is 0 Å². The molecule has 1 aliphatic carbocycles. The second kappa shape index (κ2) is 5.58. The maximum atomic E-state index is 6.31. The monoisotopic (exact) mass is 295 g/mol. The van der Waals surface area contributed by atoms with Crippen LogP contribution in [0.4, 0.5) is 0 Å². The molecule has 1 aromatic carbocycles. The highest BCUT2D eigenvalue weighted by atomic mass is 35.5. The minimum atomic E-state index is 0.232. The van der Waals surface area contributed by atoms with Crippen LogP contribution >= 0.6 is 23.2 Å². The van der Waals surface area contributed by atoms with Crippen LogP contribution < -0.4 is 10.1 Å². The molecule has 0 unspecified atom stereocenters. The molecule has 2 nitrogen and oxygen atoms in total. The molecule has 3 rings (SSSR count). The van der Waals surface area contributed by atoms with Gasteiger partial charge in [-0.15, -0.1) is 0 Å². The number of rotatable bonds is 3. The van der Waals surface area contributed by atoms with Crippen molar-refractivity contribution in [3.63, 3.8) is 0 Å². The normalized spacial score (nSPS) is 19.5. The van der Waals surface area contributed by atoms with E-state index >= 15 is 0 Å². The third-order valence-corrected chi connectivity index (χ3v) is 4.01. The van der Waals surface area contributed by atoms with Crippen molar-refractivity contribution >= 4 is 28.8 Å². The van der Waals surface area contributed by atoms with Gasteiger partial charge in [-0.2, -0.15) is 0 Å². The lowest BCUT2D eigenvalue weighted by atomic mass is 9.96. The predicted octanol–water partition coefficient (Wildman–Crippen LogP) is 3.99. The van der Waals surface area contributed by atoms with E-state index in [0.717, 1.165) is 47.8 Å². The van der Waals surface area contributed by atoms with Crippen molar-refractivity contribution in [3.8, 4) is 5.75 Å². The molecule has 2 aliphatic rings. The zero-order valence-electron chi connectivity index (χ0n) is 10.5. The van der Waals surface area contributed by atoms with Gasteiger partial charge >= 0.3 is 0 Å². The highest BCUT2D eigenvalue weighted by molar-refractivity contribution is 6.34. The van der Waals surface area contributed by atoms with Gasteiger partial charge in [-0.3, -0.25) is 0 Å². The van der Waals surface area contributed by atoms with Crippen LogP contribution in [-0.2, 0) is 0 Å². The van der Waals surface area contributed by atoms with Gasteiger partial charge in [0.15, 0.2) is 0 Å². The van der Waals surface area contributed by atoms with Crippen LogP contribution in [-0.4, -0.2) is 19.2 Å². The highest BCUT2D eigenvalue weighted by Crippen LogP contribution is 2.37. The summed E-state index contributed by atoms with van der Waals surface area (Å²) in [7, 11) is 0. The van der Waals surface area contributed by atoms with Crippen molar-refractivity contribution in [3.05, 3.63) is 46.0 Å². The first-order valence-electron chi connectivity index (χ1n) is 6.46. The molecule has 0 bridgehead atoms. The zero-order valence-corrected chi connectivity index (χ0v) is 12.0. The highest BCUT2D eigenvalue weighted by Gasteiger charge is 2.21. The first-order chi connectivity index (χ1) is 9.24. The Morgan fingerprint density at radius 1 is 1.21 bits per heavy atom. The third kappa shape index (κ3) is 2.81. The Labute approximate surface area is 123 Å². The summed E-state index contributed by atoms with van der Waals surface area (Å²) in [5, 5.41) is 4.68. The predicted molar refractivity (Wildman–Crippen MR) is 79.9 cm³/mol. The number of hydrogen-bond donors (Lipinski definition) is 1. The van der Waals surface area contributed by atoms with Gasteiger partial charge in [0, 0.05) is 28.7 Å². The van der Waals surface area contributed by atoms with Crippen molar-refractivity contribution in [1.29, 1.82) is 0 Å². The van der Waals surface area contributed by atoms with Crippen molar-refractivity contribution in [2.75, 3.05) is 13.1 Å². The van der Waals surface area contributed by atoms with E-state index in [4.69, 9.17) is 27.9 Å². The molecule has 1 fully saturated rings. The molecular formula is C15H15Cl2NO. The molecule has 0 saturated carbocycles. The van der Waals surface area contributed by atoms with Gasteiger partial charge in [-0.05, 0) is 42.7 Å². The van der Waals surface area contributed by atoms with Crippen LogP contribution in [0.3, 0.4) is 0 Å². The molecule has 19 heavy (non-hydrogen) atoms. The Morgan fingerprint density at radius 2 is 2.05 bits per heavy atom. The fourth-order valence-electron chi connectivity index (χ4n) is 2.27. The van der Waals surface area contributed by atoms with Gasteiger partial charge in [-0.1, -0.05) is 29.3 Å².